The van der Waals surface area contributed by atoms with Crippen molar-refractivity contribution in [2.24, 2.45) is 11.8 Å². The van der Waals surface area contributed by atoms with Crippen LogP contribution in [0.25, 0.3) is 0 Å². The van der Waals surface area contributed by atoms with E-state index >= 15 is 0 Å². The van der Waals surface area contributed by atoms with E-state index < -0.39 is 0 Å². The maximum absolute atomic E-state index is 13.2. The summed E-state index contributed by atoms with van der Waals surface area (Å²) in [6.07, 6.45) is 4.97. The first-order valence-corrected chi connectivity index (χ1v) is 6.70. The fourth-order valence-electron chi connectivity index (χ4n) is 3.46. The summed E-state index contributed by atoms with van der Waals surface area (Å²) in [7, 11) is 0. The second-order valence-electron chi connectivity index (χ2n) is 5.72. The molecule has 2 nitrogen and oxygen atoms in total. The largest absolute Gasteiger partial charge is 0.349 e. The topological polar surface area (TPSA) is 29.1 Å². The Hall–Kier alpha value is -1.38. The molecular formula is C15H18FNO. The standard InChI is InChI=1S/C15H18FNO/c1-9-6-12(4-5-13(9)16)15(18)17-14-8-10-2-3-11(14)7-10/h4-6,10-11,14H,2-3,7-8H2,1H3,(H,17,18). The highest BCUT2D eigenvalue weighted by Crippen LogP contribution is 2.44. The van der Waals surface area contributed by atoms with Crippen LogP contribution in [0, 0.1) is 24.6 Å². The van der Waals surface area contributed by atoms with E-state index in [4.69, 9.17) is 0 Å². The van der Waals surface area contributed by atoms with Gasteiger partial charge in [0.2, 0.25) is 0 Å². The number of hydrogen-bond donors (Lipinski definition) is 1. The lowest BCUT2D eigenvalue weighted by atomic mass is 9.95. The van der Waals surface area contributed by atoms with E-state index in [1.807, 2.05) is 0 Å². The van der Waals surface area contributed by atoms with E-state index in [2.05, 4.69) is 5.32 Å². The number of nitrogens with one attached hydrogen (secondary N) is 1. The first-order chi connectivity index (χ1) is 8.63. The van der Waals surface area contributed by atoms with Crippen LogP contribution in [0.3, 0.4) is 0 Å². The number of rotatable bonds is 2. The molecule has 2 saturated carbocycles. The van der Waals surface area contributed by atoms with Crippen LogP contribution in [0.2, 0.25) is 0 Å². The average molecular weight is 247 g/mol. The summed E-state index contributed by atoms with van der Waals surface area (Å²) < 4.78 is 13.2. The number of carbonyl (C=O) groups excluding carboxylic acids is 1. The minimum atomic E-state index is -0.258. The molecule has 0 saturated heterocycles. The maximum Gasteiger partial charge on any atom is 0.251 e. The fraction of sp³-hybridized carbons (Fsp3) is 0.533. The van der Waals surface area contributed by atoms with Crippen LogP contribution >= 0.6 is 0 Å². The lowest BCUT2D eigenvalue weighted by molar-refractivity contribution is 0.0923. The predicted molar refractivity (Wildman–Crippen MR) is 67.8 cm³/mol. The van der Waals surface area contributed by atoms with E-state index in [0.717, 1.165) is 12.3 Å². The number of aryl methyl sites for hydroxylation is 1. The lowest BCUT2D eigenvalue weighted by Crippen LogP contribution is -2.38. The van der Waals surface area contributed by atoms with Gasteiger partial charge in [0.25, 0.3) is 5.91 Å². The highest BCUT2D eigenvalue weighted by atomic mass is 19.1. The maximum atomic E-state index is 13.2. The molecule has 0 aromatic heterocycles. The fourth-order valence-corrected chi connectivity index (χ4v) is 3.46. The quantitative estimate of drug-likeness (QED) is 0.855. The van der Waals surface area contributed by atoms with Gasteiger partial charge in [0.1, 0.15) is 5.82 Å². The summed E-state index contributed by atoms with van der Waals surface area (Å²) in [4.78, 5) is 12.1. The Kier molecular flexibility index (Phi) is 2.84. The van der Waals surface area contributed by atoms with E-state index in [1.165, 1.54) is 25.3 Å². The van der Waals surface area contributed by atoms with Gasteiger partial charge in [0, 0.05) is 11.6 Å². The molecule has 2 bridgehead atoms. The van der Waals surface area contributed by atoms with Crippen LogP contribution in [0.15, 0.2) is 18.2 Å². The molecule has 18 heavy (non-hydrogen) atoms. The van der Waals surface area contributed by atoms with E-state index in [1.54, 1.807) is 19.1 Å². The van der Waals surface area contributed by atoms with Crippen molar-refractivity contribution in [2.75, 3.05) is 0 Å². The Morgan fingerprint density at radius 2 is 2.17 bits per heavy atom. The molecule has 3 rings (SSSR count). The zero-order chi connectivity index (χ0) is 12.7. The zero-order valence-corrected chi connectivity index (χ0v) is 10.6. The third-order valence-electron chi connectivity index (χ3n) is 4.47. The molecule has 0 radical (unpaired) electrons. The van der Waals surface area contributed by atoms with Crippen molar-refractivity contribution in [1.82, 2.24) is 5.32 Å². The average Bonchev–Trinajstić information content (AvgIpc) is 2.94. The van der Waals surface area contributed by atoms with Gasteiger partial charge in [0.15, 0.2) is 0 Å². The van der Waals surface area contributed by atoms with Crippen molar-refractivity contribution >= 4 is 5.91 Å². The number of fused-ring (bicyclic) bond motifs is 2. The third kappa shape index (κ3) is 2.02. The second-order valence-corrected chi connectivity index (χ2v) is 5.72. The summed E-state index contributed by atoms with van der Waals surface area (Å²) in [6.45, 7) is 1.68. The van der Waals surface area contributed by atoms with Gasteiger partial charge in [-0.2, -0.15) is 0 Å². The van der Waals surface area contributed by atoms with Crippen molar-refractivity contribution in [3.05, 3.63) is 35.1 Å². The summed E-state index contributed by atoms with van der Waals surface area (Å²) in [5.74, 6) is 1.16. The van der Waals surface area contributed by atoms with E-state index in [0.29, 0.717) is 23.1 Å². The Labute approximate surface area is 107 Å². The molecule has 0 heterocycles. The van der Waals surface area contributed by atoms with Gasteiger partial charge in [-0.05, 0) is 61.8 Å². The molecule has 3 unspecified atom stereocenters. The SMILES string of the molecule is Cc1cc(C(=O)NC2CC3CCC2C3)ccc1F. The van der Waals surface area contributed by atoms with Gasteiger partial charge in [-0.1, -0.05) is 6.42 Å². The molecule has 2 fully saturated rings. The van der Waals surface area contributed by atoms with Gasteiger partial charge >= 0.3 is 0 Å². The van der Waals surface area contributed by atoms with Gasteiger partial charge in [-0.3, -0.25) is 4.79 Å². The molecule has 2 aliphatic carbocycles. The van der Waals surface area contributed by atoms with Crippen LogP contribution in [0.1, 0.15) is 41.6 Å². The van der Waals surface area contributed by atoms with Crippen molar-refractivity contribution in [1.29, 1.82) is 0 Å². The van der Waals surface area contributed by atoms with Crippen LogP contribution < -0.4 is 5.32 Å². The van der Waals surface area contributed by atoms with Crippen LogP contribution in [-0.2, 0) is 0 Å². The molecule has 1 N–H and O–H groups in total. The Bertz CT molecular complexity index is 485. The number of amides is 1. The summed E-state index contributed by atoms with van der Waals surface area (Å²) >= 11 is 0. The number of hydrogen-bond acceptors (Lipinski definition) is 1. The molecule has 0 aliphatic heterocycles. The monoisotopic (exact) mass is 247 g/mol. The zero-order valence-electron chi connectivity index (χ0n) is 10.6. The summed E-state index contributed by atoms with van der Waals surface area (Å²) in [6, 6.07) is 4.88. The second kappa shape index (κ2) is 4.38. The van der Waals surface area contributed by atoms with Crippen molar-refractivity contribution in [3.8, 4) is 0 Å². The van der Waals surface area contributed by atoms with E-state index in [-0.39, 0.29) is 11.7 Å². The van der Waals surface area contributed by atoms with Crippen molar-refractivity contribution < 1.29 is 9.18 Å². The first-order valence-electron chi connectivity index (χ1n) is 6.70. The minimum absolute atomic E-state index is 0.0596. The van der Waals surface area contributed by atoms with Gasteiger partial charge in [-0.25, -0.2) is 4.39 Å². The Morgan fingerprint density at radius 1 is 1.33 bits per heavy atom. The number of halogens is 1. The minimum Gasteiger partial charge on any atom is -0.349 e. The molecular weight excluding hydrogens is 229 g/mol. The molecule has 96 valence electrons. The molecule has 1 amide bonds. The molecule has 1 aromatic rings. The van der Waals surface area contributed by atoms with Gasteiger partial charge < -0.3 is 5.32 Å². The molecule has 3 heteroatoms. The first kappa shape index (κ1) is 11.7. The van der Waals surface area contributed by atoms with Gasteiger partial charge in [0.05, 0.1) is 0 Å². The molecule has 1 aromatic carbocycles. The predicted octanol–water partition coefficient (Wildman–Crippen LogP) is 3.05. The van der Waals surface area contributed by atoms with E-state index in [9.17, 15) is 9.18 Å². The van der Waals surface area contributed by atoms with Crippen LogP contribution in [0.4, 0.5) is 4.39 Å². The molecule has 0 spiro atoms. The number of benzene rings is 1. The number of carbonyl (C=O) groups is 1. The molecule has 2 aliphatic rings. The Morgan fingerprint density at radius 3 is 2.78 bits per heavy atom. The molecule has 3 atom stereocenters. The van der Waals surface area contributed by atoms with Crippen molar-refractivity contribution in [2.45, 2.75) is 38.6 Å². The van der Waals surface area contributed by atoms with Crippen molar-refractivity contribution in [3.63, 3.8) is 0 Å². The van der Waals surface area contributed by atoms with Crippen LogP contribution in [0.5, 0.6) is 0 Å². The Balaban J connectivity index is 1.69. The summed E-state index contributed by atoms with van der Waals surface area (Å²) in [5, 5.41) is 3.11. The lowest BCUT2D eigenvalue weighted by Gasteiger charge is -2.22. The normalized spacial score (nSPS) is 29.6. The highest BCUT2D eigenvalue weighted by Gasteiger charge is 2.40. The van der Waals surface area contributed by atoms with Gasteiger partial charge in [-0.15, -0.1) is 0 Å². The summed E-state index contributed by atoms with van der Waals surface area (Å²) in [5.41, 5.74) is 1.09. The smallest absolute Gasteiger partial charge is 0.251 e. The van der Waals surface area contributed by atoms with Crippen LogP contribution in [-0.4, -0.2) is 11.9 Å². The third-order valence-corrected chi connectivity index (χ3v) is 4.47. The highest BCUT2D eigenvalue weighted by molar-refractivity contribution is 5.94.